The fourth-order valence-electron chi connectivity index (χ4n) is 3.73. The number of rotatable bonds is 6. The van der Waals surface area contributed by atoms with Crippen molar-refractivity contribution in [3.8, 4) is 40.0 Å². The van der Waals surface area contributed by atoms with Gasteiger partial charge in [0, 0.05) is 17.2 Å². The molecule has 0 atom stereocenters. The zero-order valence-electron chi connectivity index (χ0n) is 19.6. The van der Waals surface area contributed by atoms with Crippen LogP contribution in [0.1, 0.15) is 11.3 Å². The van der Waals surface area contributed by atoms with Crippen molar-refractivity contribution < 1.29 is 31.8 Å². The average molecular weight is 529 g/mol. The molecule has 0 radical (unpaired) electrons. The lowest BCUT2D eigenvalue weighted by Crippen LogP contribution is -2.23. The molecule has 3 heterocycles. The van der Waals surface area contributed by atoms with Gasteiger partial charge in [-0.15, -0.1) is 5.10 Å². The molecule has 2 aromatic carbocycles. The molecule has 0 bridgehead atoms. The van der Waals surface area contributed by atoms with Crippen LogP contribution in [0.3, 0.4) is 0 Å². The standard InChI is InChI=1S/C25H18F3N3O5S/c1-33-18-10-14(11-19(34-2)21(18)35-3)22-29-24-31(30-22)23(32)20(37-24)12-16-7-8-17(36-16)13-5-4-6-15(9-13)25(26,27)28/h4-12H,1-3H3. The molecule has 5 aromatic rings. The Balaban J connectivity index is 1.49. The molecule has 0 saturated heterocycles. The van der Waals surface area contributed by atoms with Crippen LogP contribution in [-0.2, 0) is 6.18 Å². The minimum atomic E-state index is -4.46. The highest BCUT2D eigenvalue weighted by molar-refractivity contribution is 7.15. The van der Waals surface area contributed by atoms with Gasteiger partial charge in [-0.05, 0) is 36.4 Å². The fraction of sp³-hybridized carbons (Fsp3) is 0.160. The highest BCUT2D eigenvalue weighted by atomic mass is 32.1. The zero-order chi connectivity index (χ0) is 26.3. The Morgan fingerprint density at radius 1 is 0.973 bits per heavy atom. The second kappa shape index (κ2) is 9.28. The van der Waals surface area contributed by atoms with Crippen molar-refractivity contribution in [3.05, 3.63) is 74.7 Å². The summed E-state index contributed by atoms with van der Waals surface area (Å²) in [6, 6.07) is 11.3. The van der Waals surface area contributed by atoms with Gasteiger partial charge in [0.05, 0.1) is 26.9 Å². The molecule has 0 unspecified atom stereocenters. The molecule has 0 aliphatic carbocycles. The Bertz CT molecular complexity index is 1700. The van der Waals surface area contributed by atoms with Crippen LogP contribution in [-0.4, -0.2) is 35.9 Å². The van der Waals surface area contributed by atoms with Crippen molar-refractivity contribution in [3.63, 3.8) is 0 Å². The zero-order valence-corrected chi connectivity index (χ0v) is 20.4. The minimum Gasteiger partial charge on any atom is -0.493 e. The fourth-order valence-corrected chi connectivity index (χ4v) is 4.62. The summed E-state index contributed by atoms with van der Waals surface area (Å²) in [5.74, 6) is 2.09. The molecule has 37 heavy (non-hydrogen) atoms. The van der Waals surface area contributed by atoms with E-state index in [1.807, 2.05) is 0 Å². The SMILES string of the molecule is COc1cc(-c2nc3sc(=Cc4ccc(-c5cccc(C(F)(F)F)c5)o4)c(=O)n3n2)cc(OC)c1OC. The van der Waals surface area contributed by atoms with Crippen LogP contribution in [0.15, 0.2) is 57.7 Å². The Morgan fingerprint density at radius 3 is 2.32 bits per heavy atom. The van der Waals surface area contributed by atoms with Crippen LogP contribution in [0.4, 0.5) is 13.2 Å². The van der Waals surface area contributed by atoms with Crippen LogP contribution < -0.4 is 24.3 Å². The maximum Gasteiger partial charge on any atom is 0.416 e. The van der Waals surface area contributed by atoms with E-state index in [0.29, 0.717) is 43.9 Å². The highest BCUT2D eigenvalue weighted by Crippen LogP contribution is 2.40. The first-order chi connectivity index (χ1) is 17.7. The summed E-state index contributed by atoms with van der Waals surface area (Å²) in [6.45, 7) is 0. The first-order valence-corrected chi connectivity index (χ1v) is 11.5. The van der Waals surface area contributed by atoms with Crippen molar-refractivity contribution in [2.75, 3.05) is 21.3 Å². The van der Waals surface area contributed by atoms with Crippen molar-refractivity contribution in [1.82, 2.24) is 14.6 Å². The molecule has 3 aromatic heterocycles. The van der Waals surface area contributed by atoms with Crippen LogP contribution in [0.2, 0.25) is 0 Å². The lowest BCUT2D eigenvalue weighted by Gasteiger charge is -2.12. The van der Waals surface area contributed by atoms with E-state index in [-0.39, 0.29) is 11.3 Å². The number of aromatic nitrogens is 3. The van der Waals surface area contributed by atoms with Crippen molar-refractivity contribution in [2.45, 2.75) is 6.18 Å². The van der Waals surface area contributed by atoms with E-state index in [1.54, 1.807) is 24.3 Å². The van der Waals surface area contributed by atoms with E-state index in [9.17, 15) is 18.0 Å². The predicted octanol–water partition coefficient (Wildman–Crippen LogP) is 4.67. The third-order valence-corrected chi connectivity index (χ3v) is 6.44. The summed E-state index contributed by atoms with van der Waals surface area (Å²) in [4.78, 5) is 17.8. The number of hydrogen-bond donors (Lipinski definition) is 0. The number of methoxy groups -OCH3 is 3. The topological polar surface area (TPSA) is 88.1 Å². The summed E-state index contributed by atoms with van der Waals surface area (Å²) >= 11 is 1.10. The van der Waals surface area contributed by atoms with Gasteiger partial charge in [0.15, 0.2) is 17.3 Å². The second-order valence-electron chi connectivity index (χ2n) is 7.74. The van der Waals surface area contributed by atoms with Crippen LogP contribution in [0.25, 0.3) is 33.7 Å². The number of benzene rings is 2. The third kappa shape index (κ3) is 4.51. The molecule has 8 nitrogen and oxygen atoms in total. The van der Waals surface area contributed by atoms with Gasteiger partial charge >= 0.3 is 6.18 Å². The molecular formula is C25H18F3N3O5S. The average Bonchev–Trinajstić information content (AvgIpc) is 3.60. The van der Waals surface area contributed by atoms with E-state index in [1.165, 1.54) is 44.1 Å². The summed E-state index contributed by atoms with van der Waals surface area (Å²) in [5, 5.41) is 4.33. The number of halogens is 3. The summed E-state index contributed by atoms with van der Waals surface area (Å²) < 4.78 is 62.3. The van der Waals surface area contributed by atoms with Gasteiger partial charge in [-0.2, -0.15) is 22.7 Å². The molecule has 5 rings (SSSR count). The number of nitrogens with zero attached hydrogens (tertiary/aromatic N) is 3. The number of ether oxygens (including phenoxy) is 3. The molecular weight excluding hydrogens is 511 g/mol. The maximum atomic E-state index is 13.0. The summed E-state index contributed by atoms with van der Waals surface area (Å²) in [6.07, 6.45) is -2.96. The highest BCUT2D eigenvalue weighted by Gasteiger charge is 2.30. The first kappa shape index (κ1) is 24.4. The van der Waals surface area contributed by atoms with Gasteiger partial charge in [0.1, 0.15) is 16.1 Å². The van der Waals surface area contributed by atoms with Crippen molar-refractivity contribution in [2.24, 2.45) is 0 Å². The molecule has 0 aliphatic rings. The summed E-state index contributed by atoms with van der Waals surface area (Å²) in [5.41, 5.74) is -0.355. The molecule has 0 aliphatic heterocycles. The Hall–Kier alpha value is -4.32. The largest absolute Gasteiger partial charge is 0.493 e. The van der Waals surface area contributed by atoms with E-state index >= 15 is 0 Å². The molecule has 0 spiro atoms. The Labute approximate surface area is 211 Å². The molecule has 12 heteroatoms. The predicted molar refractivity (Wildman–Crippen MR) is 130 cm³/mol. The van der Waals surface area contributed by atoms with Crippen LogP contribution >= 0.6 is 11.3 Å². The Morgan fingerprint density at radius 2 is 1.70 bits per heavy atom. The van der Waals surface area contributed by atoms with E-state index in [4.69, 9.17) is 18.6 Å². The Kier molecular flexibility index (Phi) is 6.12. The van der Waals surface area contributed by atoms with Gasteiger partial charge in [0.25, 0.3) is 5.56 Å². The quantitative estimate of drug-likeness (QED) is 0.316. The maximum absolute atomic E-state index is 13.0. The molecule has 0 amide bonds. The molecule has 190 valence electrons. The van der Waals surface area contributed by atoms with E-state index in [0.717, 1.165) is 23.5 Å². The van der Waals surface area contributed by atoms with Gasteiger partial charge < -0.3 is 18.6 Å². The molecule has 0 saturated carbocycles. The smallest absolute Gasteiger partial charge is 0.416 e. The lowest BCUT2D eigenvalue weighted by atomic mass is 10.1. The van der Waals surface area contributed by atoms with Crippen molar-refractivity contribution in [1.29, 1.82) is 0 Å². The number of fused-ring (bicyclic) bond motifs is 1. The first-order valence-electron chi connectivity index (χ1n) is 10.7. The van der Waals surface area contributed by atoms with Gasteiger partial charge in [-0.3, -0.25) is 4.79 Å². The van der Waals surface area contributed by atoms with Crippen molar-refractivity contribution >= 4 is 22.4 Å². The van der Waals surface area contributed by atoms with E-state index in [2.05, 4.69) is 10.1 Å². The number of thiazole rings is 1. The molecule has 0 fully saturated rings. The summed E-state index contributed by atoms with van der Waals surface area (Å²) in [7, 11) is 4.48. The van der Waals surface area contributed by atoms with Gasteiger partial charge in [-0.1, -0.05) is 23.5 Å². The van der Waals surface area contributed by atoms with Crippen LogP contribution in [0, 0.1) is 0 Å². The second-order valence-corrected chi connectivity index (χ2v) is 8.75. The number of hydrogen-bond acceptors (Lipinski definition) is 8. The normalized spacial score (nSPS) is 12.3. The number of furan rings is 1. The molecule has 0 N–H and O–H groups in total. The van der Waals surface area contributed by atoms with Gasteiger partial charge in [0.2, 0.25) is 10.7 Å². The van der Waals surface area contributed by atoms with Crippen LogP contribution in [0.5, 0.6) is 17.2 Å². The third-order valence-electron chi connectivity index (χ3n) is 5.48. The monoisotopic (exact) mass is 529 g/mol. The minimum absolute atomic E-state index is 0.244. The number of alkyl halides is 3. The van der Waals surface area contributed by atoms with Gasteiger partial charge in [-0.25, -0.2) is 0 Å². The van der Waals surface area contributed by atoms with E-state index < -0.39 is 17.3 Å². The lowest BCUT2D eigenvalue weighted by molar-refractivity contribution is -0.137.